The van der Waals surface area contributed by atoms with E-state index in [2.05, 4.69) is 16.8 Å². The predicted octanol–water partition coefficient (Wildman–Crippen LogP) is 2.62. The van der Waals surface area contributed by atoms with Gasteiger partial charge in [0.05, 0.1) is 6.61 Å². The quantitative estimate of drug-likeness (QED) is 0.350. The summed E-state index contributed by atoms with van der Waals surface area (Å²) in [5.74, 6) is 1.53. The van der Waals surface area contributed by atoms with E-state index in [-0.39, 0.29) is 29.7 Å². The Kier molecular flexibility index (Phi) is 7.70. The maximum Gasteiger partial charge on any atom is 0.374 e. The molecule has 1 aliphatic rings. The van der Waals surface area contributed by atoms with Crippen molar-refractivity contribution in [3.8, 4) is 0 Å². The highest BCUT2D eigenvalue weighted by Gasteiger charge is 2.18. The number of nitrogens with two attached hydrogens (primary N) is 1. The van der Waals surface area contributed by atoms with Crippen molar-refractivity contribution in [1.29, 1.82) is 0 Å². The van der Waals surface area contributed by atoms with Crippen LogP contribution in [0.1, 0.15) is 43.0 Å². The minimum atomic E-state index is -0.453. The smallest absolute Gasteiger partial charge is 0.374 e. The summed E-state index contributed by atoms with van der Waals surface area (Å²) in [4.78, 5) is 17.9. The highest BCUT2D eigenvalue weighted by Crippen LogP contribution is 2.15. The van der Waals surface area contributed by atoms with Crippen molar-refractivity contribution in [1.82, 2.24) is 4.90 Å². The van der Waals surface area contributed by atoms with E-state index in [9.17, 15) is 4.79 Å². The number of hydrogen-bond donors (Lipinski definition) is 1. The number of furan rings is 1. The average molecular weight is 421 g/mol. The van der Waals surface area contributed by atoms with E-state index in [4.69, 9.17) is 14.9 Å². The third-order valence-corrected chi connectivity index (χ3v) is 3.52. The van der Waals surface area contributed by atoms with Crippen LogP contribution in [-0.2, 0) is 11.3 Å². The molecule has 1 atom stereocenters. The van der Waals surface area contributed by atoms with Crippen molar-refractivity contribution in [2.45, 2.75) is 33.2 Å². The molecule has 1 aromatic rings. The summed E-state index contributed by atoms with van der Waals surface area (Å²) in [7, 11) is 0. The van der Waals surface area contributed by atoms with Gasteiger partial charge in [0.25, 0.3) is 0 Å². The molecule has 1 aromatic heterocycles. The molecule has 0 aliphatic carbocycles. The lowest BCUT2D eigenvalue weighted by Crippen LogP contribution is -2.43. The first-order valence-electron chi connectivity index (χ1n) is 7.40. The van der Waals surface area contributed by atoms with Crippen LogP contribution in [0, 0.1) is 5.92 Å². The topological polar surface area (TPSA) is 81.1 Å². The van der Waals surface area contributed by atoms with Gasteiger partial charge in [0, 0.05) is 13.1 Å². The Morgan fingerprint density at radius 2 is 2.32 bits per heavy atom. The van der Waals surface area contributed by atoms with Crippen LogP contribution in [0.5, 0.6) is 0 Å². The molecule has 22 heavy (non-hydrogen) atoms. The van der Waals surface area contributed by atoms with Crippen LogP contribution >= 0.6 is 24.0 Å². The number of esters is 1. The van der Waals surface area contributed by atoms with E-state index in [0.717, 1.165) is 19.5 Å². The number of hydrogen-bond acceptors (Lipinski definition) is 4. The van der Waals surface area contributed by atoms with E-state index >= 15 is 0 Å². The lowest BCUT2D eigenvalue weighted by molar-refractivity contribution is 0.0488. The second kappa shape index (κ2) is 9.02. The van der Waals surface area contributed by atoms with Crippen LogP contribution in [0.2, 0.25) is 0 Å². The van der Waals surface area contributed by atoms with Gasteiger partial charge in [0.15, 0.2) is 5.96 Å². The molecule has 1 unspecified atom stereocenters. The molecule has 0 spiro atoms. The zero-order valence-corrected chi connectivity index (χ0v) is 15.4. The lowest BCUT2D eigenvalue weighted by Gasteiger charge is -2.31. The Labute approximate surface area is 148 Å². The van der Waals surface area contributed by atoms with E-state index in [1.807, 2.05) is 0 Å². The third-order valence-electron chi connectivity index (χ3n) is 3.52. The Morgan fingerprint density at radius 3 is 3.00 bits per heavy atom. The van der Waals surface area contributed by atoms with Crippen LogP contribution in [0.4, 0.5) is 0 Å². The first kappa shape index (κ1) is 18.8. The van der Waals surface area contributed by atoms with Crippen LogP contribution in [0.15, 0.2) is 21.5 Å². The summed E-state index contributed by atoms with van der Waals surface area (Å²) in [6.45, 7) is 6.53. The number of guanidine groups is 1. The molecule has 124 valence electrons. The predicted molar refractivity (Wildman–Crippen MR) is 95.4 cm³/mol. The summed E-state index contributed by atoms with van der Waals surface area (Å²) in [5.41, 5.74) is 6.02. The largest absolute Gasteiger partial charge is 0.460 e. The lowest BCUT2D eigenvalue weighted by atomic mass is 10.0. The fourth-order valence-corrected chi connectivity index (χ4v) is 2.43. The maximum absolute atomic E-state index is 11.5. The highest BCUT2D eigenvalue weighted by atomic mass is 127. The van der Waals surface area contributed by atoms with Gasteiger partial charge in [-0.3, -0.25) is 0 Å². The molecule has 2 heterocycles. The molecule has 2 N–H and O–H groups in total. The number of ether oxygens (including phenoxy) is 1. The van der Waals surface area contributed by atoms with Gasteiger partial charge in [-0.15, -0.1) is 24.0 Å². The minimum Gasteiger partial charge on any atom is -0.460 e. The van der Waals surface area contributed by atoms with Gasteiger partial charge in [-0.25, -0.2) is 9.79 Å². The molecule has 0 radical (unpaired) electrons. The second-order valence-corrected chi connectivity index (χ2v) is 5.35. The third kappa shape index (κ3) is 5.19. The number of carbonyl (C=O) groups is 1. The van der Waals surface area contributed by atoms with Gasteiger partial charge in [-0.05, 0) is 37.8 Å². The molecule has 1 fully saturated rings. The van der Waals surface area contributed by atoms with E-state index in [0.29, 0.717) is 30.8 Å². The summed E-state index contributed by atoms with van der Waals surface area (Å²) in [6.07, 6.45) is 2.38. The number of nitrogens with zero attached hydrogens (tertiary/aromatic N) is 2. The number of aliphatic imine (C=N–C) groups is 1. The van der Waals surface area contributed by atoms with Crippen molar-refractivity contribution in [2.75, 3.05) is 19.7 Å². The normalized spacial score (nSPS) is 18.7. The van der Waals surface area contributed by atoms with Gasteiger partial charge >= 0.3 is 5.97 Å². The van der Waals surface area contributed by atoms with Crippen LogP contribution in [0.3, 0.4) is 0 Å². The van der Waals surface area contributed by atoms with Crippen molar-refractivity contribution < 1.29 is 13.9 Å². The van der Waals surface area contributed by atoms with Crippen molar-refractivity contribution in [2.24, 2.45) is 16.6 Å². The summed E-state index contributed by atoms with van der Waals surface area (Å²) in [6, 6.07) is 3.32. The first-order chi connectivity index (χ1) is 10.1. The molecular formula is C15H24IN3O3. The van der Waals surface area contributed by atoms with Crippen molar-refractivity contribution >= 4 is 35.9 Å². The van der Waals surface area contributed by atoms with Gasteiger partial charge in [0.2, 0.25) is 5.76 Å². The first-order valence-corrected chi connectivity index (χ1v) is 7.40. The van der Waals surface area contributed by atoms with Gasteiger partial charge in [0.1, 0.15) is 12.3 Å². The van der Waals surface area contributed by atoms with Crippen molar-refractivity contribution in [3.05, 3.63) is 23.7 Å². The van der Waals surface area contributed by atoms with E-state index < -0.39 is 5.97 Å². The Bertz CT molecular complexity index is 516. The Hall–Kier alpha value is -1.25. The molecular weight excluding hydrogens is 397 g/mol. The van der Waals surface area contributed by atoms with Crippen molar-refractivity contribution in [3.63, 3.8) is 0 Å². The zero-order chi connectivity index (χ0) is 15.2. The van der Waals surface area contributed by atoms with Crippen LogP contribution < -0.4 is 5.73 Å². The Balaban J connectivity index is 0.00000242. The fraction of sp³-hybridized carbons (Fsp3) is 0.600. The molecule has 2 rings (SSSR count). The van der Waals surface area contributed by atoms with Gasteiger partial charge in [-0.2, -0.15) is 0 Å². The number of likely N-dealkylation sites (tertiary alicyclic amines) is 1. The molecule has 1 aliphatic heterocycles. The summed E-state index contributed by atoms with van der Waals surface area (Å²) < 4.78 is 10.3. The summed E-state index contributed by atoms with van der Waals surface area (Å²) in [5, 5.41) is 0. The molecule has 6 nitrogen and oxygen atoms in total. The SMILES string of the molecule is CCOC(=O)c1ccc(CN=C(N)N2CCCC(C)C2)o1.I. The Morgan fingerprint density at radius 1 is 1.55 bits per heavy atom. The van der Waals surface area contributed by atoms with E-state index in [1.165, 1.54) is 6.42 Å². The minimum absolute atomic E-state index is 0. The standard InChI is InChI=1S/C15H23N3O3.HI/c1-3-20-14(19)13-7-6-12(21-13)9-17-15(16)18-8-4-5-11(2)10-18;/h6-7,11H,3-5,8-10H2,1-2H3,(H2,16,17);1H. The number of carbonyl (C=O) groups excluding carboxylic acids is 1. The molecule has 0 bridgehead atoms. The number of piperidine rings is 1. The monoisotopic (exact) mass is 421 g/mol. The fourth-order valence-electron chi connectivity index (χ4n) is 2.43. The number of rotatable bonds is 4. The molecule has 0 saturated carbocycles. The molecule has 0 aromatic carbocycles. The molecule has 1 saturated heterocycles. The van der Waals surface area contributed by atoms with Gasteiger partial charge in [-0.1, -0.05) is 6.92 Å². The maximum atomic E-state index is 11.5. The second-order valence-electron chi connectivity index (χ2n) is 5.35. The molecule has 7 heteroatoms. The zero-order valence-electron chi connectivity index (χ0n) is 13.1. The van der Waals surface area contributed by atoms with Crippen LogP contribution in [0.25, 0.3) is 0 Å². The summed E-state index contributed by atoms with van der Waals surface area (Å²) >= 11 is 0. The van der Waals surface area contributed by atoms with Gasteiger partial charge < -0.3 is 19.8 Å². The highest BCUT2D eigenvalue weighted by molar-refractivity contribution is 14.0. The van der Waals surface area contributed by atoms with E-state index in [1.54, 1.807) is 19.1 Å². The molecule has 0 amide bonds. The van der Waals surface area contributed by atoms with Crippen LogP contribution in [-0.4, -0.2) is 36.5 Å². The average Bonchev–Trinajstić information content (AvgIpc) is 2.94. The number of halogens is 1.